The van der Waals surface area contributed by atoms with Gasteiger partial charge in [0.25, 0.3) is 5.91 Å². The van der Waals surface area contributed by atoms with Crippen LogP contribution >= 0.6 is 0 Å². The number of nitrogens with zero attached hydrogens (tertiary/aromatic N) is 1. The number of carbonyl (C=O) groups is 1. The van der Waals surface area contributed by atoms with Crippen LogP contribution in [0, 0.1) is 5.92 Å². The van der Waals surface area contributed by atoms with Gasteiger partial charge in [-0.2, -0.15) is 4.31 Å². The maximum Gasteiger partial charge on any atom is 0.251 e. The minimum Gasteiger partial charge on any atom is -0.349 e. The van der Waals surface area contributed by atoms with Gasteiger partial charge in [0.2, 0.25) is 10.0 Å². The molecule has 0 radical (unpaired) electrons. The fourth-order valence-electron chi connectivity index (χ4n) is 4.12. The van der Waals surface area contributed by atoms with Crippen LogP contribution in [0.5, 0.6) is 0 Å². The van der Waals surface area contributed by atoms with Crippen LogP contribution in [0.4, 0.5) is 0 Å². The highest BCUT2D eigenvalue weighted by Crippen LogP contribution is 2.26. The van der Waals surface area contributed by atoms with E-state index >= 15 is 0 Å². The Morgan fingerprint density at radius 3 is 2.31 bits per heavy atom. The fourth-order valence-corrected chi connectivity index (χ4v) is 5.82. The van der Waals surface area contributed by atoms with E-state index in [9.17, 15) is 13.2 Å². The van der Waals surface area contributed by atoms with E-state index in [0.717, 1.165) is 38.5 Å². The number of hydrogen-bond donors (Lipinski definition) is 1. The third-order valence-electron chi connectivity index (χ3n) is 5.89. The molecule has 1 aliphatic heterocycles. The second-order valence-corrected chi connectivity index (χ2v) is 9.72. The van der Waals surface area contributed by atoms with E-state index in [4.69, 9.17) is 0 Å². The van der Waals surface area contributed by atoms with Crippen molar-refractivity contribution >= 4 is 15.9 Å². The molecule has 1 N–H and O–H groups in total. The monoisotopic (exact) mass is 378 g/mol. The van der Waals surface area contributed by atoms with Crippen molar-refractivity contribution in [3.8, 4) is 0 Å². The van der Waals surface area contributed by atoms with Crippen molar-refractivity contribution in [2.45, 2.75) is 75.8 Å². The quantitative estimate of drug-likeness (QED) is 0.871. The zero-order chi connectivity index (χ0) is 18.7. The largest absolute Gasteiger partial charge is 0.349 e. The van der Waals surface area contributed by atoms with Gasteiger partial charge in [-0.3, -0.25) is 4.79 Å². The van der Waals surface area contributed by atoms with Gasteiger partial charge >= 0.3 is 0 Å². The molecule has 1 saturated heterocycles. The van der Waals surface area contributed by atoms with Crippen LogP contribution in [0.2, 0.25) is 0 Å². The lowest BCUT2D eigenvalue weighted by molar-refractivity contribution is 0.0910. The second-order valence-electron chi connectivity index (χ2n) is 7.83. The van der Waals surface area contributed by atoms with Gasteiger partial charge in [-0.25, -0.2) is 8.42 Å². The number of benzene rings is 1. The zero-order valence-electron chi connectivity index (χ0n) is 15.8. The minimum atomic E-state index is -3.49. The maximum atomic E-state index is 12.9. The van der Waals surface area contributed by atoms with Gasteiger partial charge in [0, 0.05) is 24.2 Å². The van der Waals surface area contributed by atoms with Crippen LogP contribution in [0.1, 0.15) is 69.2 Å². The first-order valence-electron chi connectivity index (χ1n) is 9.82. The van der Waals surface area contributed by atoms with Crippen molar-refractivity contribution in [3.63, 3.8) is 0 Å². The van der Waals surface area contributed by atoms with Crippen LogP contribution < -0.4 is 5.32 Å². The third-order valence-corrected chi connectivity index (χ3v) is 7.92. The number of carbonyl (C=O) groups excluding carboxylic acids is 1. The van der Waals surface area contributed by atoms with Crippen LogP contribution in [0.15, 0.2) is 29.2 Å². The minimum absolute atomic E-state index is 0.0320. The Balaban J connectivity index is 1.70. The van der Waals surface area contributed by atoms with E-state index in [-0.39, 0.29) is 22.9 Å². The van der Waals surface area contributed by atoms with Crippen LogP contribution in [0.3, 0.4) is 0 Å². The molecule has 1 aliphatic carbocycles. The number of nitrogens with one attached hydrogen (secondary N) is 1. The SMILES string of the molecule is C[C@@H]1CCCC[C@H]1NC(=O)c1ccc(S(=O)(=O)N2CCCC[C@H]2C)cc1. The Morgan fingerprint density at radius 2 is 1.65 bits per heavy atom. The molecule has 3 atom stereocenters. The molecular weight excluding hydrogens is 348 g/mol. The molecule has 1 aromatic carbocycles. The molecule has 1 heterocycles. The Labute approximate surface area is 157 Å². The fraction of sp³-hybridized carbons (Fsp3) is 0.650. The Morgan fingerprint density at radius 1 is 1.00 bits per heavy atom. The van der Waals surface area contributed by atoms with Gasteiger partial charge in [-0.1, -0.05) is 26.2 Å². The molecule has 1 saturated carbocycles. The topological polar surface area (TPSA) is 66.5 Å². The predicted octanol–water partition coefficient (Wildman–Crippen LogP) is 3.56. The molecule has 26 heavy (non-hydrogen) atoms. The lowest BCUT2D eigenvalue weighted by atomic mass is 9.86. The Hall–Kier alpha value is -1.40. The smallest absolute Gasteiger partial charge is 0.251 e. The van der Waals surface area contributed by atoms with Crippen LogP contribution in [-0.4, -0.2) is 37.3 Å². The van der Waals surface area contributed by atoms with Crippen molar-refractivity contribution in [1.82, 2.24) is 9.62 Å². The molecule has 1 aromatic rings. The Kier molecular flexibility index (Phi) is 6.03. The summed E-state index contributed by atoms with van der Waals surface area (Å²) in [5.74, 6) is 0.381. The highest BCUT2D eigenvalue weighted by Gasteiger charge is 2.31. The Bertz CT molecular complexity index is 730. The van der Waals surface area contributed by atoms with Gasteiger partial charge in [-0.15, -0.1) is 0 Å². The summed E-state index contributed by atoms with van der Waals surface area (Å²) in [7, 11) is -3.49. The number of hydrogen-bond acceptors (Lipinski definition) is 3. The van der Waals surface area contributed by atoms with Gasteiger partial charge in [0.05, 0.1) is 4.90 Å². The van der Waals surface area contributed by atoms with Crippen molar-refractivity contribution in [1.29, 1.82) is 0 Å². The van der Waals surface area contributed by atoms with E-state index in [0.29, 0.717) is 18.0 Å². The molecule has 0 bridgehead atoms. The molecule has 2 fully saturated rings. The lowest BCUT2D eigenvalue weighted by Crippen LogP contribution is -2.42. The highest BCUT2D eigenvalue weighted by atomic mass is 32.2. The van der Waals surface area contributed by atoms with Gasteiger partial charge < -0.3 is 5.32 Å². The van der Waals surface area contributed by atoms with Crippen molar-refractivity contribution in [2.75, 3.05) is 6.54 Å². The second kappa shape index (κ2) is 8.09. The van der Waals surface area contributed by atoms with Crippen molar-refractivity contribution in [2.24, 2.45) is 5.92 Å². The normalized spacial score (nSPS) is 27.8. The first-order chi connectivity index (χ1) is 12.4. The van der Waals surface area contributed by atoms with E-state index < -0.39 is 10.0 Å². The molecule has 0 spiro atoms. The van der Waals surface area contributed by atoms with E-state index in [1.54, 1.807) is 28.6 Å². The molecule has 1 amide bonds. The van der Waals surface area contributed by atoms with Gasteiger partial charge in [0.1, 0.15) is 0 Å². The third kappa shape index (κ3) is 4.12. The molecule has 2 aliphatic rings. The lowest BCUT2D eigenvalue weighted by Gasteiger charge is -2.32. The molecule has 6 heteroatoms. The van der Waals surface area contributed by atoms with Crippen LogP contribution in [0.25, 0.3) is 0 Å². The molecule has 5 nitrogen and oxygen atoms in total. The number of sulfonamides is 1. The molecule has 0 aromatic heterocycles. The van der Waals surface area contributed by atoms with Crippen molar-refractivity contribution < 1.29 is 13.2 Å². The average molecular weight is 379 g/mol. The average Bonchev–Trinajstić information content (AvgIpc) is 2.64. The molecule has 144 valence electrons. The summed E-state index contributed by atoms with van der Waals surface area (Å²) >= 11 is 0. The summed E-state index contributed by atoms with van der Waals surface area (Å²) < 4.78 is 27.3. The molecule has 0 unspecified atom stereocenters. The van der Waals surface area contributed by atoms with Crippen LogP contribution in [-0.2, 0) is 10.0 Å². The zero-order valence-corrected chi connectivity index (χ0v) is 16.6. The standard InChI is InChI=1S/C20H30N2O3S/c1-15-7-3-4-9-19(15)21-20(23)17-10-12-18(13-11-17)26(24,25)22-14-6-5-8-16(22)2/h10-13,15-16,19H,3-9,14H2,1-2H3,(H,21,23)/t15-,16-,19-/m1/s1. The predicted molar refractivity (Wildman–Crippen MR) is 103 cm³/mol. The first kappa shape index (κ1) is 19.4. The number of rotatable bonds is 4. The first-order valence-corrected chi connectivity index (χ1v) is 11.3. The summed E-state index contributed by atoms with van der Waals surface area (Å²) in [6.07, 6.45) is 7.44. The van der Waals surface area contributed by atoms with Gasteiger partial charge in [-0.05, 0) is 62.8 Å². The number of piperidine rings is 1. The summed E-state index contributed by atoms with van der Waals surface area (Å²) in [6.45, 7) is 4.72. The maximum absolute atomic E-state index is 12.9. The van der Waals surface area contributed by atoms with E-state index in [1.165, 1.54) is 6.42 Å². The highest BCUT2D eigenvalue weighted by molar-refractivity contribution is 7.89. The summed E-state index contributed by atoms with van der Waals surface area (Å²) in [4.78, 5) is 12.8. The van der Waals surface area contributed by atoms with E-state index in [2.05, 4.69) is 12.2 Å². The molecular formula is C20H30N2O3S. The summed E-state index contributed by atoms with van der Waals surface area (Å²) in [5, 5.41) is 3.11. The van der Waals surface area contributed by atoms with E-state index in [1.807, 2.05) is 6.92 Å². The van der Waals surface area contributed by atoms with Crippen molar-refractivity contribution in [3.05, 3.63) is 29.8 Å². The van der Waals surface area contributed by atoms with Gasteiger partial charge in [0.15, 0.2) is 0 Å². The summed E-state index contributed by atoms with van der Waals surface area (Å²) in [5.41, 5.74) is 0.522. The number of amides is 1. The summed E-state index contributed by atoms with van der Waals surface area (Å²) in [6, 6.07) is 6.64. The molecule has 3 rings (SSSR count).